The van der Waals surface area contributed by atoms with Crippen molar-refractivity contribution in [3.05, 3.63) is 0 Å². The minimum atomic E-state index is -0.289. The summed E-state index contributed by atoms with van der Waals surface area (Å²) in [6.07, 6.45) is 1.66. The Hall–Kier alpha value is -1.18. The molecule has 24 heavy (non-hydrogen) atoms. The van der Waals surface area contributed by atoms with E-state index in [2.05, 4.69) is 9.80 Å². The SMILES string of the molecule is CCOCCN1CCN([C@H](C)C(=O)N2CCC[C@@H](C(N)=O)C2)CC1. The highest BCUT2D eigenvalue weighted by atomic mass is 16.5. The Bertz CT molecular complexity index is 424. The van der Waals surface area contributed by atoms with Crippen LogP contribution in [-0.4, -0.2) is 91.6 Å². The third-order valence-corrected chi connectivity index (χ3v) is 5.20. The van der Waals surface area contributed by atoms with Crippen LogP contribution in [0.2, 0.25) is 0 Å². The molecule has 2 aliphatic rings. The fraction of sp³-hybridized carbons (Fsp3) is 0.882. The van der Waals surface area contributed by atoms with E-state index in [1.54, 1.807) is 0 Å². The molecule has 0 unspecified atom stereocenters. The van der Waals surface area contributed by atoms with Gasteiger partial charge in [-0.3, -0.25) is 19.4 Å². The van der Waals surface area contributed by atoms with Gasteiger partial charge in [-0.15, -0.1) is 0 Å². The molecule has 2 aliphatic heterocycles. The van der Waals surface area contributed by atoms with Crippen LogP contribution in [0.15, 0.2) is 0 Å². The average Bonchev–Trinajstić information content (AvgIpc) is 2.61. The summed E-state index contributed by atoms with van der Waals surface area (Å²) < 4.78 is 5.40. The number of rotatable bonds is 7. The first-order valence-corrected chi connectivity index (χ1v) is 9.15. The number of carbonyl (C=O) groups is 2. The number of hydrogen-bond donors (Lipinski definition) is 1. The van der Waals surface area contributed by atoms with Crippen LogP contribution in [0.3, 0.4) is 0 Å². The third kappa shape index (κ3) is 5.16. The predicted molar refractivity (Wildman–Crippen MR) is 92.5 cm³/mol. The lowest BCUT2D eigenvalue weighted by Gasteiger charge is -2.40. The van der Waals surface area contributed by atoms with Crippen molar-refractivity contribution in [2.24, 2.45) is 11.7 Å². The number of primary amides is 1. The van der Waals surface area contributed by atoms with Gasteiger partial charge in [0.15, 0.2) is 0 Å². The van der Waals surface area contributed by atoms with E-state index in [-0.39, 0.29) is 23.8 Å². The fourth-order valence-corrected chi connectivity index (χ4v) is 3.54. The second kappa shape index (κ2) is 9.34. The highest BCUT2D eigenvalue weighted by Gasteiger charge is 2.32. The minimum Gasteiger partial charge on any atom is -0.380 e. The Labute approximate surface area is 145 Å². The van der Waals surface area contributed by atoms with Gasteiger partial charge in [-0.05, 0) is 26.7 Å². The van der Waals surface area contributed by atoms with E-state index in [1.807, 2.05) is 18.7 Å². The molecule has 2 rings (SSSR count). The lowest BCUT2D eigenvalue weighted by molar-refractivity contribution is -0.140. The molecule has 2 atom stereocenters. The Morgan fingerprint density at radius 1 is 1.21 bits per heavy atom. The van der Waals surface area contributed by atoms with E-state index in [1.165, 1.54) is 0 Å². The molecular weight excluding hydrogens is 308 g/mol. The predicted octanol–water partition coefficient (Wildman–Crippen LogP) is -0.247. The number of nitrogens with zero attached hydrogens (tertiary/aromatic N) is 3. The van der Waals surface area contributed by atoms with Gasteiger partial charge in [-0.2, -0.15) is 0 Å². The molecule has 2 fully saturated rings. The smallest absolute Gasteiger partial charge is 0.239 e. The lowest BCUT2D eigenvalue weighted by atomic mass is 9.97. The van der Waals surface area contributed by atoms with Crippen molar-refractivity contribution >= 4 is 11.8 Å². The molecule has 2 N–H and O–H groups in total. The van der Waals surface area contributed by atoms with Crippen LogP contribution in [0, 0.1) is 5.92 Å². The van der Waals surface area contributed by atoms with Crippen LogP contribution in [-0.2, 0) is 14.3 Å². The number of nitrogens with two attached hydrogens (primary N) is 1. The molecule has 0 aromatic heterocycles. The largest absolute Gasteiger partial charge is 0.380 e. The zero-order valence-corrected chi connectivity index (χ0v) is 15.1. The van der Waals surface area contributed by atoms with Gasteiger partial charge < -0.3 is 15.4 Å². The van der Waals surface area contributed by atoms with Crippen LogP contribution >= 0.6 is 0 Å². The van der Waals surface area contributed by atoms with Crippen molar-refractivity contribution < 1.29 is 14.3 Å². The Kier molecular flexibility index (Phi) is 7.45. The van der Waals surface area contributed by atoms with Gasteiger partial charge in [0.2, 0.25) is 11.8 Å². The van der Waals surface area contributed by atoms with Crippen molar-refractivity contribution in [1.82, 2.24) is 14.7 Å². The molecule has 0 bridgehead atoms. The number of piperidine rings is 1. The molecule has 0 aromatic carbocycles. The van der Waals surface area contributed by atoms with Crippen molar-refractivity contribution in [2.45, 2.75) is 32.7 Å². The quantitative estimate of drug-likeness (QED) is 0.647. The van der Waals surface area contributed by atoms with Crippen molar-refractivity contribution in [1.29, 1.82) is 0 Å². The van der Waals surface area contributed by atoms with Gasteiger partial charge in [0.25, 0.3) is 0 Å². The number of carbonyl (C=O) groups excluding carboxylic acids is 2. The summed E-state index contributed by atoms with van der Waals surface area (Å²) >= 11 is 0. The molecule has 0 radical (unpaired) electrons. The second-order valence-electron chi connectivity index (χ2n) is 6.78. The summed E-state index contributed by atoms with van der Waals surface area (Å²) in [7, 11) is 0. The first kappa shape index (κ1) is 19.1. The molecule has 7 nitrogen and oxygen atoms in total. The van der Waals surface area contributed by atoms with Crippen LogP contribution < -0.4 is 5.73 Å². The van der Waals surface area contributed by atoms with E-state index in [0.29, 0.717) is 6.54 Å². The molecule has 2 saturated heterocycles. The maximum absolute atomic E-state index is 12.8. The molecule has 2 amide bonds. The average molecular weight is 340 g/mol. The zero-order chi connectivity index (χ0) is 17.5. The second-order valence-corrected chi connectivity index (χ2v) is 6.78. The maximum Gasteiger partial charge on any atom is 0.239 e. The van der Waals surface area contributed by atoms with Gasteiger partial charge in [-0.1, -0.05) is 0 Å². The number of hydrogen-bond acceptors (Lipinski definition) is 5. The van der Waals surface area contributed by atoms with Gasteiger partial charge in [0.1, 0.15) is 0 Å². The summed E-state index contributed by atoms with van der Waals surface area (Å²) in [5.41, 5.74) is 5.41. The summed E-state index contributed by atoms with van der Waals surface area (Å²) in [5.74, 6) is -0.350. The number of ether oxygens (including phenoxy) is 1. The van der Waals surface area contributed by atoms with Gasteiger partial charge in [-0.25, -0.2) is 0 Å². The van der Waals surface area contributed by atoms with E-state index in [4.69, 9.17) is 10.5 Å². The topological polar surface area (TPSA) is 79.1 Å². The van der Waals surface area contributed by atoms with Crippen molar-refractivity contribution in [3.8, 4) is 0 Å². The summed E-state index contributed by atoms with van der Waals surface area (Å²) in [4.78, 5) is 30.6. The van der Waals surface area contributed by atoms with Crippen LogP contribution in [0.5, 0.6) is 0 Å². The number of piperazine rings is 1. The maximum atomic E-state index is 12.8. The van der Waals surface area contributed by atoms with E-state index < -0.39 is 0 Å². The lowest BCUT2D eigenvalue weighted by Crippen LogP contribution is -2.56. The van der Waals surface area contributed by atoms with Crippen molar-refractivity contribution in [2.75, 3.05) is 59.0 Å². The van der Waals surface area contributed by atoms with E-state index in [0.717, 1.165) is 65.3 Å². The number of amides is 2. The molecule has 7 heteroatoms. The minimum absolute atomic E-state index is 0.128. The Morgan fingerprint density at radius 3 is 2.54 bits per heavy atom. The molecule has 0 aromatic rings. The normalized spacial score (nSPS) is 24.8. The van der Waals surface area contributed by atoms with Crippen LogP contribution in [0.25, 0.3) is 0 Å². The fourth-order valence-electron chi connectivity index (χ4n) is 3.54. The standard InChI is InChI=1S/C17H32N4O3/c1-3-24-12-11-19-7-9-20(10-8-19)14(2)17(23)21-6-4-5-15(13-21)16(18)22/h14-15H,3-13H2,1-2H3,(H2,18,22)/t14-,15-/m1/s1. The third-order valence-electron chi connectivity index (χ3n) is 5.20. The van der Waals surface area contributed by atoms with Gasteiger partial charge in [0, 0.05) is 52.4 Å². The van der Waals surface area contributed by atoms with Gasteiger partial charge in [0.05, 0.1) is 18.6 Å². The van der Waals surface area contributed by atoms with E-state index in [9.17, 15) is 9.59 Å². The molecular formula is C17H32N4O3. The molecule has 0 spiro atoms. The first-order chi connectivity index (χ1) is 11.5. The summed E-state index contributed by atoms with van der Waals surface area (Å²) in [6.45, 7) is 11.4. The summed E-state index contributed by atoms with van der Waals surface area (Å²) in [5, 5.41) is 0. The van der Waals surface area contributed by atoms with E-state index >= 15 is 0 Å². The molecule has 2 heterocycles. The zero-order valence-electron chi connectivity index (χ0n) is 15.1. The molecule has 0 aliphatic carbocycles. The Balaban J connectivity index is 1.78. The highest BCUT2D eigenvalue weighted by Crippen LogP contribution is 2.18. The Morgan fingerprint density at radius 2 is 1.92 bits per heavy atom. The summed E-state index contributed by atoms with van der Waals surface area (Å²) in [6, 6.07) is -0.134. The van der Waals surface area contributed by atoms with Gasteiger partial charge >= 0.3 is 0 Å². The highest BCUT2D eigenvalue weighted by molar-refractivity contribution is 5.83. The first-order valence-electron chi connectivity index (χ1n) is 9.15. The van der Waals surface area contributed by atoms with Crippen LogP contribution in [0.1, 0.15) is 26.7 Å². The molecule has 138 valence electrons. The van der Waals surface area contributed by atoms with Crippen LogP contribution in [0.4, 0.5) is 0 Å². The number of likely N-dealkylation sites (tertiary alicyclic amines) is 1. The molecule has 0 saturated carbocycles. The monoisotopic (exact) mass is 340 g/mol. The van der Waals surface area contributed by atoms with Crippen molar-refractivity contribution in [3.63, 3.8) is 0 Å².